The van der Waals surface area contributed by atoms with Crippen LogP contribution >= 0.6 is 0 Å². The highest BCUT2D eigenvalue weighted by Gasteiger charge is 1.98. The molecule has 7 heteroatoms. The van der Waals surface area contributed by atoms with Crippen LogP contribution in [0.1, 0.15) is 25.1 Å². The highest BCUT2D eigenvalue weighted by Crippen LogP contribution is 2.12. The van der Waals surface area contributed by atoms with E-state index in [0.29, 0.717) is 5.69 Å². The number of nitrogens with zero attached hydrogens (tertiary/aromatic N) is 3. The van der Waals surface area contributed by atoms with Crippen LogP contribution in [0, 0.1) is 6.92 Å². The smallest absolute Gasteiger partial charge is 0.274 e. The fourth-order valence-corrected chi connectivity index (χ4v) is 1.52. The molecule has 1 heterocycles. The Kier molecular flexibility index (Phi) is 4.65. The molecular formula is C14H17N5O2. The molecule has 0 unspecified atom stereocenters. The number of nitrogens with one attached hydrogen (secondary N) is 2. The second kappa shape index (κ2) is 6.65. The number of aromatic amines is 1. The molecular weight excluding hydrogens is 270 g/mol. The van der Waals surface area contributed by atoms with Gasteiger partial charge in [-0.05, 0) is 50.6 Å². The molecule has 0 aliphatic rings. The molecule has 0 bridgehead atoms. The first kappa shape index (κ1) is 14.7. The number of aromatic nitrogens is 3. The lowest BCUT2D eigenvalue weighted by Gasteiger charge is -2.09. The number of rotatable bonds is 5. The van der Waals surface area contributed by atoms with E-state index in [0.717, 1.165) is 11.3 Å². The molecule has 0 spiro atoms. The number of hydrazone groups is 1. The summed E-state index contributed by atoms with van der Waals surface area (Å²) in [5.41, 5.74) is 3.52. The number of H-pyrrole nitrogens is 1. The average Bonchev–Trinajstić information content (AvgIpc) is 2.44. The number of benzene rings is 1. The van der Waals surface area contributed by atoms with Gasteiger partial charge in [0.25, 0.3) is 5.56 Å². The molecule has 0 saturated carbocycles. The molecule has 0 saturated heterocycles. The number of ether oxygens (including phenoxy) is 1. The molecule has 21 heavy (non-hydrogen) atoms. The zero-order valence-corrected chi connectivity index (χ0v) is 12.1. The van der Waals surface area contributed by atoms with Gasteiger partial charge in [0.2, 0.25) is 5.95 Å². The highest BCUT2D eigenvalue weighted by molar-refractivity contribution is 5.80. The molecule has 0 atom stereocenters. The van der Waals surface area contributed by atoms with Gasteiger partial charge in [-0.3, -0.25) is 9.78 Å². The molecule has 2 N–H and O–H groups in total. The van der Waals surface area contributed by atoms with Crippen molar-refractivity contribution in [1.29, 1.82) is 0 Å². The first-order valence-electron chi connectivity index (χ1n) is 6.54. The van der Waals surface area contributed by atoms with Crippen LogP contribution in [0.15, 0.2) is 34.2 Å². The summed E-state index contributed by atoms with van der Waals surface area (Å²) in [6.07, 6.45) is 1.75. The van der Waals surface area contributed by atoms with Crippen molar-refractivity contribution in [2.45, 2.75) is 26.9 Å². The van der Waals surface area contributed by atoms with Crippen molar-refractivity contribution in [2.24, 2.45) is 5.10 Å². The normalized spacial score (nSPS) is 11.0. The lowest BCUT2D eigenvalue weighted by atomic mass is 10.2. The van der Waals surface area contributed by atoms with Gasteiger partial charge in [0.1, 0.15) is 11.4 Å². The fraction of sp³-hybridized carbons (Fsp3) is 0.286. The monoisotopic (exact) mass is 287 g/mol. The first-order chi connectivity index (χ1) is 10.0. The summed E-state index contributed by atoms with van der Waals surface area (Å²) in [6.45, 7) is 5.53. The van der Waals surface area contributed by atoms with Crippen molar-refractivity contribution < 1.29 is 4.74 Å². The lowest BCUT2D eigenvalue weighted by molar-refractivity contribution is 0.242. The standard InChI is InChI=1S/C14H17N5O2/c1-9(2)21-12-6-4-11(5-7-12)8-15-18-14-16-13(20)10(3)17-19-14/h4-9H,1-3H3,(H2,16,18,19,20)/b15-8-. The Morgan fingerprint density at radius 1 is 1.29 bits per heavy atom. The van der Waals surface area contributed by atoms with Gasteiger partial charge in [0.15, 0.2) is 0 Å². The van der Waals surface area contributed by atoms with Gasteiger partial charge in [-0.15, -0.1) is 10.2 Å². The van der Waals surface area contributed by atoms with E-state index >= 15 is 0 Å². The molecule has 0 amide bonds. The van der Waals surface area contributed by atoms with E-state index in [-0.39, 0.29) is 17.6 Å². The summed E-state index contributed by atoms with van der Waals surface area (Å²) in [5, 5.41) is 11.4. The van der Waals surface area contributed by atoms with E-state index in [1.807, 2.05) is 38.1 Å². The Hall–Kier alpha value is -2.70. The van der Waals surface area contributed by atoms with Crippen molar-refractivity contribution in [1.82, 2.24) is 15.2 Å². The van der Waals surface area contributed by atoms with Gasteiger partial charge >= 0.3 is 0 Å². The largest absolute Gasteiger partial charge is 0.491 e. The molecule has 0 aliphatic carbocycles. The Bertz CT molecular complexity index is 677. The van der Waals surface area contributed by atoms with Crippen LogP contribution in [-0.2, 0) is 0 Å². The minimum Gasteiger partial charge on any atom is -0.491 e. The third-order valence-corrected chi connectivity index (χ3v) is 2.50. The van der Waals surface area contributed by atoms with Crippen molar-refractivity contribution in [2.75, 3.05) is 5.43 Å². The van der Waals surface area contributed by atoms with Crippen molar-refractivity contribution in [3.63, 3.8) is 0 Å². The highest BCUT2D eigenvalue weighted by atomic mass is 16.5. The number of anilines is 1. The predicted molar refractivity (Wildman–Crippen MR) is 80.8 cm³/mol. The quantitative estimate of drug-likeness (QED) is 0.645. The summed E-state index contributed by atoms with van der Waals surface area (Å²) >= 11 is 0. The average molecular weight is 287 g/mol. The van der Waals surface area contributed by atoms with Gasteiger partial charge in [0.05, 0.1) is 12.3 Å². The third kappa shape index (κ3) is 4.41. The number of hydrogen-bond acceptors (Lipinski definition) is 6. The minimum absolute atomic E-state index is 0.142. The van der Waals surface area contributed by atoms with E-state index in [4.69, 9.17) is 4.74 Å². The lowest BCUT2D eigenvalue weighted by Crippen LogP contribution is -2.15. The van der Waals surface area contributed by atoms with Crippen LogP contribution in [0.4, 0.5) is 5.95 Å². The predicted octanol–water partition coefficient (Wildman–Crippen LogP) is 1.71. The van der Waals surface area contributed by atoms with Crippen molar-refractivity contribution in [3.8, 4) is 5.75 Å². The maximum Gasteiger partial charge on any atom is 0.274 e. The van der Waals surface area contributed by atoms with E-state index < -0.39 is 0 Å². The Morgan fingerprint density at radius 3 is 2.62 bits per heavy atom. The van der Waals surface area contributed by atoms with E-state index in [1.54, 1.807) is 13.1 Å². The van der Waals surface area contributed by atoms with Gasteiger partial charge in [-0.25, -0.2) is 5.43 Å². The van der Waals surface area contributed by atoms with Crippen LogP contribution in [-0.4, -0.2) is 27.5 Å². The van der Waals surface area contributed by atoms with Crippen LogP contribution < -0.4 is 15.7 Å². The second-order valence-corrected chi connectivity index (χ2v) is 4.69. The summed E-state index contributed by atoms with van der Waals surface area (Å²) in [6, 6.07) is 7.50. The minimum atomic E-state index is -0.294. The molecule has 110 valence electrons. The molecule has 0 aliphatic heterocycles. The Balaban J connectivity index is 1.97. The fourth-order valence-electron chi connectivity index (χ4n) is 1.52. The van der Waals surface area contributed by atoms with Gasteiger partial charge < -0.3 is 4.74 Å². The van der Waals surface area contributed by atoms with Crippen molar-refractivity contribution in [3.05, 3.63) is 45.9 Å². The Morgan fingerprint density at radius 2 is 2.00 bits per heavy atom. The van der Waals surface area contributed by atoms with Crippen LogP contribution in [0.2, 0.25) is 0 Å². The van der Waals surface area contributed by atoms with E-state index in [2.05, 4.69) is 25.7 Å². The van der Waals surface area contributed by atoms with Crippen LogP contribution in [0.5, 0.6) is 5.75 Å². The van der Waals surface area contributed by atoms with E-state index in [1.165, 1.54) is 0 Å². The maximum atomic E-state index is 11.3. The summed E-state index contributed by atoms with van der Waals surface area (Å²) in [5.74, 6) is 1.01. The number of aryl methyl sites for hydroxylation is 1. The molecule has 1 aromatic carbocycles. The molecule has 1 aromatic heterocycles. The van der Waals surface area contributed by atoms with Gasteiger partial charge in [-0.1, -0.05) is 0 Å². The first-order valence-corrected chi connectivity index (χ1v) is 6.54. The molecule has 2 aromatic rings. The molecule has 0 radical (unpaired) electrons. The SMILES string of the molecule is Cc1nnc(N/N=C\c2ccc(OC(C)C)cc2)[nH]c1=O. The molecule has 7 nitrogen and oxygen atoms in total. The van der Waals surface area contributed by atoms with E-state index in [9.17, 15) is 4.79 Å². The summed E-state index contributed by atoms with van der Waals surface area (Å²) in [4.78, 5) is 13.9. The third-order valence-electron chi connectivity index (χ3n) is 2.50. The van der Waals surface area contributed by atoms with Crippen LogP contribution in [0.3, 0.4) is 0 Å². The van der Waals surface area contributed by atoms with Gasteiger partial charge in [0, 0.05) is 0 Å². The summed E-state index contributed by atoms with van der Waals surface area (Å²) in [7, 11) is 0. The second-order valence-electron chi connectivity index (χ2n) is 4.69. The maximum absolute atomic E-state index is 11.3. The molecule has 2 rings (SSSR count). The zero-order valence-electron chi connectivity index (χ0n) is 12.1. The summed E-state index contributed by atoms with van der Waals surface area (Å²) < 4.78 is 5.55. The van der Waals surface area contributed by atoms with Crippen LogP contribution in [0.25, 0.3) is 0 Å². The zero-order chi connectivity index (χ0) is 15.2. The topological polar surface area (TPSA) is 92.3 Å². The molecule has 0 fully saturated rings. The van der Waals surface area contributed by atoms with Crippen molar-refractivity contribution >= 4 is 12.2 Å². The Labute approximate surface area is 122 Å². The van der Waals surface area contributed by atoms with Gasteiger partial charge in [-0.2, -0.15) is 5.10 Å². The number of hydrogen-bond donors (Lipinski definition) is 2.